The average molecular weight is 397 g/mol. The maximum atomic E-state index is 12.0. The molecular weight excluding hydrogens is 352 g/mol. The molecule has 0 aliphatic rings. The predicted molar refractivity (Wildman–Crippen MR) is 116 cm³/mol. The Balaban J connectivity index is 3.98. The Morgan fingerprint density at radius 3 is 2.11 bits per heavy atom. The molecule has 1 unspecified atom stereocenters. The summed E-state index contributed by atoms with van der Waals surface area (Å²) in [5.41, 5.74) is 0. The van der Waals surface area contributed by atoms with Crippen LogP contribution in [0.5, 0.6) is 0 Å². The fourth-order valence-corrected chi connectivity index (χ4v) is 3.22. The van der Waals surface area contributed by atoms with Crippen LogP contribution >= 0.6 is 0 Å². The molecule has 0 aromatic carbocycles. The van der Waals surface area contributed by atoms with Gasteiger partial charge in [0.2, 0.25) is 0 Å². The molecule has 1 atom stereocenters. The molecule has 0 heterocycles. The number of ether oxygens (including phenoxy) is 1. The van der Waals surface area contributed by atoms with Gasteiger partial charge in [0, 0.05) is 19.3 Å². The molecule has 0 aromatic rings. The predicted octanol–water partition coefficient (Wildman–Crippen LogP) is 7.21. The van der Waals surface area contributed by atoms with Crippen LogP contribution in [0.25, 0.3) is 0 Å². The number of allylic oxidation sites excluding steroid dienone is 1. The van der Waals surface area contributed by atoms with Crippen LogP contribution in [0.3, 0.4) is 0 Å². The Bertz CT molecular complexity index is 403. The van der Waals surface area contributed by atoms with E-state index in [1.807, 2.05) is 0 Å². The standard InChI is InChI=1S/C24H44O4/c1-3-5-7-15-18-22(28-24(27)21-14-6-4-2)19-16-12-10-8-9-11-13-17-20-23(25)26/h12,16,22H,3-11,13-15,17-21H2,1-2H3,(H,25,26)/b16-12-. The molecule has 0 amide bonds. The van der Waals surface area contributed by atoms with Gasteiger partial charge in [-0.2, -0.15) is 0 Å². The van der Waals surface area contributed by atoms with Gasteiger partial charge in [0.1, 0.15) is 6.10 Å². The van der Waals surface area contributed by atoms with Crippen LogP contribution in [0.4, 0.5) is 0 Å². The van der Waals surface area contributed by atoms with Crippen molar-refractivity contribution >= 4 is 11.9 Å². The summed E-state index contributed by atoms with van der Waals surface area (Å²) in [5, 5.41) is 8.61. The lowest BCUT2D eigenvalue weighted by atomic mass is 10.1. The van der Waals surface area contributed by atoms with Gasteiger partial charge in [-0.3, -0.25) is 9.59 Å². The summed E-state index contributed by atoms with van der Waals surface area (Å²) >= 11 is 0. The number of carbonyl (C=O) groups is 2. The molecule has 0 saturated carbocycles. The highest BCUT2D eigenvalue weighted by atomic mass is 16.5. The molecule has 0 rings (SSSR count). The second kappa shape index (κ2) is 20.4. The molecule has 0 fully saturated rings. The third-order valence-corrected chi connectivity index (χ3v) is 4.99. The zero-order chi connectivity index (χ0) is 20.9. The second-order valence-electron chi connectivity index (χ2n) is 7.83. The first-order valence-corrected chi connectivity index (χ1v) is 11.7. The molecule has 1 N–H and O–H groups in total. The van der Waals surface area contributed by atoms with Gasteiger partial charge in [-0.15, -0.1) is 0 Å². The topological polar surface area (TPSA) is 63.6 Å². The largest absolute Gasteiger partial charge is 0.481 e. The highest BCUT2D eigenvalue weighted by molar-refractivity contribution is 5.69. The van der Waals surface area contributed by atoms with Crippen LogP contribution in [0.1, 0.15) is 123 Å². The second-order valence-corrected chi connectivity index (χ2v) is 7.83. The van der Waals surface area contributed by atoms with Crippen LogP contribution in [0, 0.1) is 0 Å². The van der Waals surface area contributed by atoms with Crippen molar-refractivity contribution in [3.63, 3.8) is 0 Å². The van der Waals surface area contributed by atoms with Gasteiger partial charge in [-0.1, -0.05) is 77.4 Å². The highest BCUT2D eigenvalue weighted by Crippen LogP contribution is 2.15. The van der Waals surface area contributed by atoms with Gasteiger partial charge in [0.15, 0.2) is 0 Å². The van der Waals surface area contributed by atoms with E-state index in [0.717, 1.165) is 77.0 Å². The summed E-state index contributed by atoms with van der Waals surface area (Å²) in [6.45, 7) is 4.35. The van der Waals surface area contributed by atoms with E-state index in [0.29, 0.717) is 6.42 Å². The van der Waals surface area contributed by atoms with Crippen LogP contribution in [-0.4, -0.2) is 23.1 Å². The van der Waals surface area contributed by atoms with Crippen molar-refractivity contribution in [2.24, 2.45) is 0 Å². The summed E-state index contributed by atoms with van der Waals surface area (Å²) in [6.07, 6.45) is 21.2. The van der Waals surface area contributed by atoms with Gasteiger partial charge in [0.05, 0.1) is 0 Å². The molecule has 0 aliphatic heterocycles. The first kappa shape index (κ1) is 26.7. The van der Waals surface area contributed by atoms with Gasteiger partial charge < -0.3 is 9.84 Å². The van der Waals surface area contributed by atoms with E-state index < -0.39 is 5.97 Å². The fraction of sp³-hybridized carbons (Fsp3) is 0.833. The first-order chi connectivity index (χ1) is 13.6. The molecule has 4 nitrogen and oxygen atoms in total. The van der Waals surface area contributed by atoms with E-state index in [4.69, 9.17) is 9.84 Å². The number of carboxylic acid groups (broad SMARTS) is 1. The van der Waals surface area contributed by atoms with E-state index >= 15 is 0 Å². The van der Waals surface area contributed by atoms with Crippen molar-refractivity contribution in [1.29, 1.82) is 0 Å². The monoisotopic (exact) mass is 396 g/mol. The molecule has 0 spiro atoms. The Morgan fingerprint density at radius 1 is 0.786 bits per heavy atom. The Kier molecular flexibility index (Phi) is 19.5. The van der Waals surface area contributed by atoms with E-state index in [-0.39, 0.29) is 18.5 Å². The number of esters is 1. The molecule has 28 heavy (non-hydrogen) atoms. The summed E-state index contributed by atoms with van der Waals surface area (Å²) in [4.78, 5) is 22.5. The quantitative estimate of drug-likeness (QED) is 0.134. The number of rotatable bonds is 20. The molecule has 0 aromatic heterocycles. The smallest absolute Gasteiger partial charge is 0.306 e. The summed E-state index contributed by atoms with van der Waals surface area (Å²) in [7, 11) is 0. The van der Waals surface area contributed by atoms with Gasteiger partial charge in [0.25, 0.3) is 0 Å². The van der Waals surface area contributed by atoms with Crippen LogP contribution in [0.2, 0.25) is 0 Å². The first-order valence-electron chi connectivity index (χ1n) is 11.7. The van der Waals surface area contributed by atoms with Crippen molar-refractivity contribution in [2.75, 3.05) is 0 Å². The maximum absolute atomic E-state index is 12.0. The zero-order valence-corrected chi connectivity index (χ0v) is 18.4. The van der Waals surface area contributed by atoms with Crippen LogP contribution in [0.15, 0.2) is 12.2 Å². The number of carboxylic acids is 1. The molecule has 164 valence electrons. The lowest BCUT2D eigenvalue weighted by molar-refractivity contribution is -0.149. The van der Waals surface area contributed by atoms with Crippen LogP contribution in [-0.2, 0) is 14.3 Å². The van der Waals surface area contributed by atoms with Crippen molar-refractivity contribution in [3.8, 4) is 0 Å². The fourth-order valence-electron chi connectivity index (χ4n) is 3.22. The summed E-state index contributed by atoms with van der Waals surface area (Å²) in [6, 6.07) is 0. The van der Waals surface area contributed by atoms with E-state index in [1.54, 1.807) is 0 Å². The zero-order valence-electron chi connectivity index (χ0n) is 18.4. The molecule has 0 bridgehead atoms. The van der Waals surface area contributed by atoms with Crippen molar-refractivity contribution in [1.82, 2.24) is 0 Å². The SMILES string of the molecule is CCCCCCC(C/C=C\CCCCCCCC(=O)O)OC(=O)CCCCC. The third-order valence-electron chi connectivity index (χ3n) is 4.99. The molecular formula is C24H44O4. The average Bonchev–Trinajstić information content (AvgIpc) is 2.66. The Hall–Kier alpha value is -1.32. The normalized spacial score (nSPS) is 12.4. The van der Waals surface area contributed by atoms with Gasteiger partial charge in [-0.05, 0) is 38.5 Å². The minimum atomic E-state index is -0.696. The number of hydrogen-bond acceptors (Lipinski definition) is 3. The number of unbranched alkanes of at least 4 members (excludes halogenated alkanes) is 10. The number of aliphatic carboxylic acids is 1. The Labute approximate surface area is 173 Å². The molecule has 0 radical (unpaired) electrons. The summed E-state index contributed by atoms with van der Waals surface area (Å²) in [5.74, 6) is -0.734. The van der Waals surface area contributed by atoms with Gasteiger partial charge >= 0.3 is 11.9 Å². The van der Waals surface area contributed by atoms with E-state index in [1.165, 1.54) is 19.3 Å². The van der Waals surface area contributed by atoms with Crippen molar-refractivity contribution in [3.05, 3.63) is 12.2 Å². The number of carbonyl (C=O) groups excluding carboxylic acids is 1. The molecule has 0 aliphatic carbocycles. The minimum absolute atomic E-state index is 0.0262. The number of hydrogen-bond donors (Lipinski definition) is 1. The lowest BCUT2D eigenvalue weighted by Gasteiger charge is -2.16. The van der Waals surface area contributed by atoms with Crippen molar-refractivity contribution in [2.45, 2.75) is 129 Å². The van der Waals surface area contributed by atoms with Crippen LogP contribution < -0.4 is 0 Å². The van der Waals surface area contributed by atoms with Gasteiger partial charge in [-0.25, -0.2) is 0 Å². The van der Waals surface area contributed by atoms with Crippen molar-refractivity contribution < 1.29 is 19.4 Å². The summed E-state index contributed by atoms with van der Waals surface area (Å²) < 4.78 is 5.73. The lowest BCUT2D eigenvalue weighted by Crippen LogP contribution is -2.17. The Morgan fingerprint density at radius 2 is 1.39 bits per heavy atom. The minimum Gasteiger partial charge on any atom is -0.481 e. The maximum Gasteiger partial charge on any atom is 0.306 e. The molecule has 0 saturated heterocycles. The van der Waals surface area contributed by atoms with E-state index in [2.05, 4.69) is 26.0 Å². The third kappa shape index (κ3) is 19.4. The highest BCUT2D eigenvalue weighted by Gasteiger charge is 2.12. The van der Waals surface area contributed by atoms with E-state index in [9.17, 15) is 9.59 Å². The molecule has 4 heteroatoms.